The second-order valence-electron chi connectivity index (χ2n) is 2.65. The van der Waals surface area contributed by atoms with Crippen molar-refractivity contribution >= 4 is 11.6 Å². The number of ketones is 2. The minimum Gasteiger partial charge on any atom is -0.396 e. The topological polar surface area (TPSA) is 74.6 Å². The molecule has 0 aliphatic rings. The van der Waals surface area contributed by atoms with Crippen molar-refractivity contribution in [2.75, 3.05) is 13.2 Å². The maximum absolute atomic E-state index is 11.0. The maximum atomic E-state index is 11.0. The van der Waals surface area contributed by atoms with Gasteiger partial charge in [0.05, 0.1) is 12.5 Å². The van der Waals surface area contributed by atoms with Gasteiger partial charge < -0.3 is 10.2 Å². The molecule has 69 valence electrons. The SMILES string of the molecule is [CH2]C(CO)C(CO)C(=O)C(C)=O. The molecule has 2 N–H and O–H groups in total. The molecule has 2 atom stereocenters. The van der Waals surface area contributed by atoms with Gasteiger partial charge in [-0.15, -0.1) is 0 Å². The molecule has 0 aromatic carbocycles. The Morgan fingerprint density at radius 2 is 1.83 bits per heavy atom. The Labute approximate surface area is 71.2 Å². The molecule has 0 amide bonds. The van der Waals surface area contributed by atoms with Crippen LogP contribution in [-0.4, -0.2) is 35.0 Å². The van der Waals surface area contributed by atoms with Crippen LogP contribution in [0.5, 0.6) is 0 Å². The fourth-order valence-electron chi connectivity index (χ4n) is 0.834. The first kappa shape index (κ1) is 11.3. The van der Waals surface area contributed by atoms with Crippen molar-refractivity contribution < 1.29 is 19.8 Å². The van der Waals surface area contributed by atoms with Gasteiger partial charge in [-0.05, 0) is 12.8 Å². The second kappa shape index (κ2) is 5.00. The van der Waals surface area contributed by atoms with E-state index in [-0.39, 0.29) is 6.61 Å². The number of rotatable bonds is 5. The highest BCUT2D eigenvalue weighted by atomic mass is 16.3. The average Bonchev–Trinajstić information content (AvgIpc) is 2.05. The third-order valence-electron chi connectivity index (χ3n) is 1.68. The van der Waals surface area contributed by atoms with Gasteiger partial charge in [-0.2, -0.15) is 0 Å². The van der Waals surface area contributed by atoms with E-state index >= 15 is 0 Å². The van der Waals surface area contributed by atoms with Crippen molar-refractivity contribution in [2.45, 2.75) is 6.92 Å². The number of carbonyl (C=O) groups is 2. The molecule has 0 spiro atoms. The number of hydrogen-bond acceptors (Lipinski definition) is 4. The van der Waals surface area contributed by atoms with Crippen LogP contribution < -0.4 is 0 Å². The molecule has 2 unspecified atom stereocenters. The van der Waals surface area contributed by atoms with Crippen LogP contribution in [0.2, 0.25) is 0 Å². The second-order valence-corrected chi connectivity index (χ2v) is 2.65. The molecule has 0 aromatic heterocycles. The minimum absolute atomic E-state index is 0.315. The molecule has 0 rings (SSSR count). The van der Waals surface area contributed by atoms with Crippen LogP contribution in [-0.2, 0) is 9.59 Å². The number of carbonyl (C=O) groups excluding carboxylic acids is 2. The molecule has 0 fully saturated rings. The third-order valence-corrected chi connectivity index (χ3v) is 1.68. The van der Waals surface area contributed by atoms with Gasteiger partial charge in [0.25, 0.3) is 0 Å². The first-order valence-corrected chi connectivity index (χ1v) is 3.64. The summed E-state index contributed by atoms with van der Waals surface area (Å²) < 4.78 is 0. The van der Waals surface area contributed by atoms with E-state index < -0.39 is 30.0 Å². The van der Waals surface area contributed by atoms with Crippen LogP contribution in [0, 0.1) is 18.8 Å². The van der Waals surface area contributed by atoms with Crippen molar-refractivity contribution in [3.63, 3.8) is 0 Å². The van der Waals surface area contributed by atoms with Crippen LogP contribution in [0.15, 0.2) is 0 Å². The largest absolute Gasteiger partial charge is 0.396 e. The van der Waals surface area contributed by atoms with Crippen molar-refractivity contribution in [3.8, 4) is 0 Å². The van der Waals surface area contributed by atoms with Gasteiger partial charge in [-0.1, -0.05) is 0 Å². The van der Waals surface area contributed by atoms with Crippen molar-refractivity contribution in [3.05, 3.63) is 6.92 Å². The number of aliphatic hydroxyl groups excluding tert-OH is 2. The van der Waals surface area contributed by atoms with Crippen LogP contribution >= 0.6 is 0 Å². The van der Waals surface area contributed by atoms with E-state index in [4.69, 9.17) is 10.2 Å². The summed E-state index contributed by atoms with van der Waals surface area (Å²) in [5.41, 5.74) is 0. The summed E-state index contributed by atoms with van der Waals surface area (Å²) >= 11 is 0. The standard InChI is InChI=1S/C8H13O4/c1-5(3-9)7(4-10)8(12)6(2)11/h5,7,9-10H,1,3-4H2,2H3. The van der Waals surface area contributed by atoms with E-state index in [1.807, 2.05) is 0 Å². The highest BCUT2D eigenvalue weighted by Gasteiger charge is 2.26. The number of Topliss-reactive ketones (excluding diaryl/α,β-unsaturated/α-hetero) is 2. The lowest BCUT2D eigenvalue weighted by Gasteiger charge is -2.16. The summed E-state index contributed by atoms with van der Waals surface area (Å²) in [5, 5.41) is 17.4. The third kappa shape index (κ3) is 2.71. The van der Waals surface area contributed by atoms with Gasteiger partial charge in [0.2, 0.25) is 5.78 Å². The van der Waals surface area contributed by atoms with Gasteiger partial charge in [0.1, 0.15) is 0 Å². The van der Waals surface area contributed by atoms with Crippen LogP contribution in [0.3, 0.4) is 0 Å². The Morgan fingerprint density at radius 3 is 2.08 bits per heavy atom. The zero-order valence-corrected chi connectivity index (χ0v) is 6.99. The Bertz CT molecular complexity index is 176. The molecule has 4 nitrogen and oxygen atoms in total. The van der Waals surface area contributed by atoms with Gasteiger partial charge in [0.15, 0.2) is 5.78 Å². The Balaban J connectivity index is 4.34. The maximum Gasteiger partial charge on any atom is 0.203 e. The molecule has 0 saturated carbocycles. The molecule has 0 aromatic rings. The molecule has 0 saturated heterocycles. The lowest BCUT2D eigenvalue weighted by molar-refractivity contribution is -0.139. The molecule has 0 aliphatic carbocycles. The predicted molar refractivity (Wildman–Crippen MR) is 42.2 cm³/mol. The first-order valence-electron chi connectivity index (χ1n) is 3.64. The first-order chi connectivity index (χ1) is 5.54. The molecular formula is C8H13O4. The molecule has 0 bridgehead atoms. The monoisotopic (exact) mass is 173 g/mol. The zero-order valence-electron chi connectivity index (χ0n) is 6.99. The molecular weight excluding hydrogens is 160 g/mol. The zero-order chi connectivity index (χ0) is 9.72. The number of aliphatic hydroxyl groups is 2. The smallest absolute Gasteiger partial charge is 0.203 e. The fourth-order valence-corrected chi connectivity index (χ4v) is 0.834. The Kier molecular flexibility index (Phi) is 4.70. The van der Waals surface area contributed by atoms with Gasteiger partial charge in [-0.25, -0.2) is 0 Å². The highest BCUT2D eigenvalue weighted by molar-refractivity contribution is 6.37. The molecule has 0 aliphatic heterocycles. The Morgan fingerprint density at radius 1 is 1.33 bits per heavy atom. The number of hydrogen-bond donors (Lipinski definition) is 2. The van der Waals surface area contributed by atoms with E-state index in [9.17, 15) is 9.59 Å². The lowest BCUT2D eigenvalue weighted by Crippen LogP contribution is -2.31. The van der Waals surface area contributed by atoms with E-state index in [1.165, 1.54) is 0 Å². The lowest BCUT2D eigenvalue weighted by atomic mass is 9.90. The minimum atomic E-state index is -0.868. The van der Waals surface area contributed by atoms with E-state index in [0.717, 1.165) is 6.92 Å². The van der Waals surface area contributed by atoms with Crippen LogP contribution in [0.4, 0.5) is 0 Å². The summed E-state index contributed by atoms with van der Waals surface area (Å²) in [6.07, 6.45) is 0. The predicted octanol–water partition coefficient (Wildman–Crippen LogP) is -0.804. The molecule has 12 heavy (non-hydrogen) atoms. The van der Waals surface area contributed by atoms with E-state index in [0.29, 0.717) is 0 Å². The summed E-state index contributed by atoms with van der Waals surface area (Å²) in [7, 11) is 0. The summed E-state index contributed by atoms with van der Waals surface area (Å²) in [5.74, 6) is -2.78. The van der Waals surface area contributed by atoms with Gasteiger partial charge in [0, 0.05) is 13.5 Å². The normalized spacial score (nSPS) is 15.3. The fraction of sp³-hybridized carbons (Fsp3) is 0.625. The summed E-state index contributed by atoms with van der Waals surface area (Å²) in [6.45, 7) is 3.82. The van der Waals surface area contributed by atoms with Crippen molar-refractivity contribution in [1.82, 2.24) is 0 Å². The van der Waals surface area contributed by atoms with Crippen molar-refractivity contribution in [2.24, 2.45) is 11.8 Å². The van der Waals surface area contributed by atoms with E-state index in [1.54, 1.807) is 0 Å². The van der Waals surface area contributed by atoms with Crippen LogP contribution in [0.25, 0.3) is 0 Å². The van der Waals surface area contributed by atoms with Crippen LogP contribution in [0.1, 0.15) is 6.92 Å². The highest BCUT2D eigenvalue weighted by Crippen LogP contribution is 2.11. The molecule has 4 heteroatoms. The van der Waals surface area contributed by atoms with E-state index in [2.05, 4.69) is 6.92 Å². The van der Waals surface area contributed by atoms with Gasteiger partial charge in [-0.3, -0.25) is 9.59 Å². The summed E-state index contributed by atoms with van der Waals surface area (Å²) in [4.78, 5) is 21.6. The van der Waals surface area contributed by atoms with Crippen molar-refractivity contribution in [1.29, 1.82) is 0 Å². The van der Waals surface area contributed by atoms with Gasteiger partial charge >= 0.3 is 0 Å². The summed E-state index contributed by atoms with van der Waals surface area (Å²) in [6, 6.07) is 0. The average molecular weight is 173 g/mol. The molecule has 0 heterocycles. The Hall–Kier alpha value is -0.740. The quantitative estimate of drug-likeness (QED) is 0.533. The molecule has 1 radical (unpaired) electrons.